The molecule has 1 heterocycles. The molecule has 10 atom stereocenters. The maximum atomic E-state index is 10.9. The van der Waals surface area contributed by atoms with Crippen molar-refractivity contribution in [3.8, 4) is 0 Å². The van der Waals surface area contributed by atoms with Crippen LogP contribution in [0.5, 0.6) is 0 Å². The Hall–Kier alpha value is -0.0800. The third-order valence-corrected chi connectivity index (χ3v) is 14.5. The van der Waals surface area contributed by atoms with Gasteiger partial charge in [0.1, 0.15) is 11.2 Å². The van der Waals surface area contributed by atoms with Crippen LogP contribution in [0.4, 0.5) is 0 Å². The second-order valence-electron chi connectivity index (χ2n) is 15.4. The molecule has 0 aromatic rings. The van der Waals surface area contributed by atoms with Gasteiger partial charge in [-0.25, -0.2) is 0 Å². The van der Waals surface area contributed by atoms with Crippen molar-refractivity contribution >= 4 is 0 Å². The van der Waals surface area contributed by atoms with Crippen molar-refractivity contribution in [2.45, 2.75) is 137 Å². The molecule has 1 aliphatic heterocycles. The van der Waals surface area contributed by atoms with Gasteiger partial charge in [0.2, 0.25) is 0 Å². The molecule has 5 saturated carbocycles. The molecule has 6 aliphatic rings. The summed E-state index contributed by atoms with van der Waals surface area (Å²) < 4.78 is 6.88. The lowest BCUT2D eigenvalue weighted by Crippen LogP contribution is -2.68. The highest BCUT2D eigenvalue weighted by Gasteiger charge is 2.86. The van der Waals surface area contributed by atoms with Crippen LogP contribution in [0.2, 0.25) is 0 Å². The number of ether oxygens (including phenoxy) is 1. The standard InChI is InChI=1S/C30H50O2/c1-19(2)29-17-15-28(8)22-10-9-21-25(5)13-12-23(31)24(3,4)20(25)11-14-26(21,6)27(22,7)16-18-30(28,29)32-29/h19-23,31H,9-18H2,1-8H3/t20-,21+,22-,23-,25-,26+,27+,28+,29-,30-/m0/s1. The van der Waals surface area contributed by atoms with Crippen LogP contribution in [-0.2, 0) is 4.74 Å². The Morgan fingerprint density at radius 1 is 0.656 bits per heavy atom. The van der Waals surface area contributed by atoms with E-state index in [9.17, 15) is 5.11 Å². The lowest BCUT2D eigenvalue weighted by Gasteiger charge is -2.73. The molecular weight excluding hydrogens is 392 g/mol. The minimum atomic E-state index is -0.125. The molecule has 0 radical (unpaired) electrons. The average molecular weight is 443 g/mol. The predicted octanol–water partition coefficient (Wildman–Crippen LogP) is 7.38. The van der Waals surface area contributed by atoms with E-state index < -0.39 is 0 Å². The highest BCUT2D eigenvalue weighted by atomic mass is 16.6. The Morgan fingerprint density at radius 2 is 1.28 bits per heavy atom. The topological polar surface area (TPSA) is 32.8 Å². The molecular formula is C30H50O2. The van der Waals surface area contributed by atoms with Crippen molar-refractivity contribution in [3.63, 3.8) is 0 Å². The van der Waals surface area contributed by atoms with Crippen LogP contribution in [-0.4, -0.2) is 22.4 Å². The lowest BCUT2D eigenvalue weighted by atomic mass is 9.31. The molecule has 5 aliphatic carbocycles. The Morgan fingerprint density at radius 3 is 1.94 bits per heavy atom. The summed E-state index contributed by atoms with van der Waals surface area (Å²) in [7, 11) is 0. The van der Waals surface area contributed by atoms with Gasteiger partial charge in [-0.1, -0.05) is 55.4 Å². The van der Waals surface area contributed by atoms with Crippen LogP contribution in [0.1, 0.15) is 120 Å². The van der Waals surface area contributed by atoms with E-state index in [2.05, 4.69) is 55.4 Å². The molecule has 2 nitrogen and oxygen atoms in total. The second kappa shape index (κ2) is 6.00. The third-order valence-electron chi connectivity index (χ3n) is 14.5. The van der Waals surface area contributed by atoms with E-state index in [0.717, 1.165) is 18.3 Å². The number of rotatable bonds is 1. The van der Waals surface area contributed by atoms with Crippen LogP contribution < -0.4 is 0 Å². The first kappa shape index (κ1) is 22.4. The maximum absolute atomic E-state index is 10.9. The molecule has 32 heavy (non-hydrogen) atoms. The molecule has 6 fully saturated rings. The first-order valence-electron chi connectivity index (χ1n) is 14.1. The first-order chi connectivity index (χ1) is 14.8. The molecule has 1 spiro atoms. The van der Waals surface area contributed by atoms with E-state index in [1.54, 1.807) is 0 Å². The summed E-state index contributed by atoms with van der Waals surface area (Å²) in [5, 5.41) is 10.9. The minimum Gasteiger partial charge on any atom is -0.393 e. The third kappa shape index (κ3) is 2.07. The van der Waals surface area contributed by atoms with Crippen LogP contribution in [0.3, 0.4) is 0 Å². The predicted molar refractivity (Wildman–Crippen MR) is 130 cm³/mol. The van der Waals surface area contributed by atoms with Gasteiger partial charge >= 0.3 is 0 Å². The normalized spacial score (nSPS) is 62.4. The van der Waals surface area contributed by atoms with E-state index >= 15 is 0 Å². The van der Waals surface area contributed by atoms with Crippen molar-refractivity contribution in [3.05, 3.63) is 0 Å². The van der Waals surface area contributed by atoms with Crippen molar-refractivity contribution in [2.24, 2.45) is 50.7 Å². The largest absolute Gasteiger partial charge is 0.393 e. The number of fused-ring (bicyclic) bond motifs is 6. The van der Waals surface area contributed by atoms with Crippen molar-refractivity contribution in [1.29, 1.82) is 0 Å². The quantitative estimate of drug-likeness (QED) is 0.430. The van der Waals surface area contributed by atoms with Gasteiger partial charge in [-0.2, -0.15) is 0 Å². The van der Waals surface area contributed by atoms with Crippen LogP contribution in [0.15, 0.2) is 0 Å². The van der Waals surface area contributed by atoms with E-state index in [4.69, 9.17) is 4.74 Å². The van der Waals surface area contributed by atoms with Crippen molar-refractivity contribution in [2.75, 3.05) is 0 Å². The first-order valence-corrected chi connectivity index (χ1v) is 14.1. The SMILES string of the molecule is CC(C)[C@@]12CC[C@]3(C)[C@H]4CC[C@@H]5[C@@]6(C)CC[C@H](O)C(C)(C)[C@@H]6CC[C@@]5(C)[C@]4(C)CC[C@@]13O2. The Labute approximate surface area is 197 Å². The molecule has 0 aromatic heterocycles. The fourth-order valence-corrected chi connectivity index (χ4v) is 12.5. The van der Waals surface area contributed by atoms with Crippen molar-refractivity contribution in [1.82, 2.24) is 0 Å². The minimum absolute atomic E-state index is 0.0544. The van der Waals surface area contributed by atoms with Crippen LogP contribution >= 0.6 is 0 Å². The fourth-order valence-electron chi connectivity index (χ4n) is 12.5. The number of aliphatic hydroxyl groups is 1. The van der Waals surface area contributed by atoms with E-state index in [-0.39, 0.29) is 22.7 Å². The molecule has 182 valence electrons. The zero-order valence-corrected chi connectivity index (χ0v) is 22.3. The Kier molecular flexibility index (Phi) is 4.20. The number of aliphatic hydroxyl groups excluding tert-OH is 1. The highest BCUT2D eigenvalue weighted by Crippen LogP contribution is 2.84. The second-order valence-corrected chi connectivity index (χ2v) is 15.4. The molecule has 2 heteroatoms. The van der Waals surface area contributed by atoms with Crippen LogP contribution in [0, 0.1) is 50.7 Å². The van der Waals surface area contributed by atoms with Gasteiger partial charge < -0.3 is 9.84 Å². The zero-order chi connectivity index (χ0) is 23.2. The summed E-state index contributed by atoms with van der Waals surface area (Å²) in [6, 6.07) is 0. The van der Waals surface area contributed by atoms with Gasteiger partial charge in [0.05, 0.1) is 6.10 Å². The van der Waals surface area contributed by atoms with Gasteiger partial charge in [-0.15, -0.1) is 0 Å². The summed E-state index contributed by atoms with van der Waals surface area (Å²) >= 11 is 0. The summed E-state index contributed by atoms with van der Waals surface area (Å²) in [4.78, 5) is 0. The fraction of sp³-hybridized carbons (Fsp3) is 1.00. The summed E-state index contributed by atoms with van der Waals surface area (Å²) in [6.45, 7) is 20.3. The lowest BCUT2D eigenvalue weighted by molar-refractivity contribution is -0.254. The Bertz CT molecular complexity index is 833. The molecule has 0 bridgehead atoms. The van der Waals surface area contributed by atoms with Crippen LogP contribution in [0.25, 0.3) is 0 Å². The molecule has 1 saturated heterocycles. The highest BCUT2D eigenvalue weighted by molar-refractivity contribution is 5.34. The maximum Gasteiger partial charge on any atom is 0.104 e. The van der Waals surface area contributed by atoms with E-state index in [0.29, 0.717) is 33.5 Å². The number of hydrogen-bond acceptors (Lipinski definition) is 2. The van der Waals surface area contributed by atoms with Gasteiger partial charge in [-0.3, -0.25) is 0 Å². The van der Waals surface area contributed by atoms with E-state index in [1.165, 1.54) is 57.8 Å². The van der Waals surface area contributed by atoms with Gasteiger partial charge in [0.25, 0.3) is 0 Å². The van der Waals surface area contributed by atoms with E-state index in [1.807, 2.05) is 0 Å². The molecule has 0 amide bonds. The van der Waals surface area contributed by atoms with Gasteiger partial charge in [-0.05, 0) is 110 Å². The Balaban J connectivity index is 1.39. The average Bonchev–Trinajstić information content (AvgIpc) is 3.32. The number of hydrogen-bond donors (Lipinski definition) is 1. The summed E-state index contributed by atoms with van der Waals surface area (Å²) in [5.74, 6) is 2.91. The molecule has 0 aromatic carbocycles. The smallest absolute Gasteiger partial charge is 0.104 e. The zero-order valence-electron chi connectivity index (χ0n) is 22.3. The van der Waals surface area contributed by atoms with Crippen molar-refractivity contribution < 1.29 is 9.84 Å². The van der Waals surface area contributed by atoms with Gasteiger partial charge in [0.15, 0.2) is 0 Å². The molecule has 6 rings (SSSR count). The molecule has 0 unspecified atom stereocenters. The monoisotopic (exact) mass is 442 g/mol. The van der Waals surface area contributed by atoms with Gasteiger partial charge in [0, 0.05) is 5.41 Å². The summed E-state index contributed by atoms with van der Waals surface area (Å²) in [5.41, 5.74) is 2.00. The molecule has 1 N–H and O–H groups in total. The number of epoxide rings is 1. The summed E-state index contributed by atoms with van der Waals surface area (Å²) in [6.07, 6.45) is 12.9.